The molecular formula is C30H35N9O3S. The minimum absolute atomic E-state index is 0.154. The highest BCUT2D eigenvalue weighted by Crippen LogP contribution is 2.36. The fourth-order valence-electron chi connectivity index (χ4n) is 5.45. The third-order valence-corrected chi connectivity index (χ3v) is 8.69. The molecule has 6 rings (SSSR count). The van der Waals surface area contributed by atoms with E-state index in [2.05, 4.69) is 25.7 Å². The molecule has 43 heavy (non-hydrogen) atoms. The Morgan fingerprint density at radius 3 is 2.37 bits per heavy atom. The van der Waals surface area contributed by atoms with Gasteiger partial charge in [-0.1, -0.05) is 6.07 Å². The number of anilines is 4. The zero-order chi connectivity index (χ0) is 30.5. The van der Waals surface area contributed by atoms with Gasteiger partial charge in [-0.3, -0.25) is 9.25 Å². The fourth-order valence-corrected chi connectivity index (χ4v) is 6.31. The molecule has 1 aliphatic heterocycles. The summed E-state index contributed by atoms with van der Waals surface area (Å²) in [5.74, 6) is 2.52. The molecule has 0 aliphatic carbocycles. The number of rotatable bonds is 7. The third kappa shape index (κ3) is 5.82. The summed E-state index contributed by atoms with van der Waals surface area (Å²) in [5, 5.41) is 11.2. The van der Waals surface area contributed by atoms with Crippen LogP contribution in [0.5, 0.6) is 0 Å². The van der Waals surface area contributed by atoms with Gasteiger partial charge in [0.2, 0.25) is 0 Å². The normalized spacial score (nSPS) is 15.6. The van der Waals surface area contributed by atoms with Crippen LogP contribution in [0.4, 0.5) is 23.0 Å². The van der Waals surface area contributed by atoms with E-state index in [-0.39, 0.29) is 11.1 Å². The maximum atomic E-state index is 13.1. The second-order valence-electron chi connectivity index (χ2n) is 11.0. The molecular weight excluding hydrogens is 566 g/mol. The number of benzene rings is 1. The molecule has 224 valence electrons. The Morgan fingerprint density at radius 2 is 1.70 bits per heavy atom. The van der Waals surface area contributed by atoms with Crippen molar-refractivity contribution in [2.24, 2.45) is 7.05 Å². The standard InChI is InChI=1S/C30H35N9O3S/c1-17-13-26(32-19(3)31-17)35-27-16-24(29-30(36-27)39(20(4)33-29)28-9-7-8-12-42-28)34-22-11-10-21(15-25(22)43(6,40)41)23-14-18(2)38(5)37-23/h10-11,13-16,28H,7-9,12H2,1-6H3,(H2,31,32,34,35,36). The molecule has 5 heterocycles. The van der Waals surface area contributed by atoms with E-state index in [1.807, 2.05) is 63.6 Å². The van der Waals surface area contributed by atoms with Crippen LogP contribution >= 0.6 is 0 Å². The van der Waals surface area contributed by atoms with Crippen molar-refractivity contribution >= 4 is 44.0 Å². The van der Waals surface area contributed by atoms with E-state index in [0.29, 0.717) is 57.9 Å². The molecule has 12 nitrogen and oxygen atoms in total. The minimum atomic E-state index is -3.62. The second-order valence-corrected chi connectivity index (χ2v) is 13.0. The van der Waals surface area contributed by atoms with Gasteiger partial charge in [-0.15, -0.1) is 0 Å². The van der Waals surface area contributed by atoms with Gasteiger partial charge in [0.15, 0.2) is 15.5 Å². The van der Waals surface area contributed by atoms with Crippen LogP contribution in [0, 0.1) is 27.7 Å². The Hall–Kier alpha value is -4.36. The quantitative estimate of drug-likeness (QED) is 0.247. The topological polar surface area (TPSA) is 142 Å². The van der Waals surface area contributed by atoms with Crippen molar-refractivity contribution in [2.45, 2.75) is 58.1 Å². The lowest BCUT2D eigenvalue weighted by molar-refractivity contribution is -0.0308. The van der Waals surface area contributed by atoms with Crippen LogP contribution in [0.15, 0.2) is 41.3 Å². The number of ether oxygens (including phenoxy) is 1. The molecule has 1 atom stereocenters. The Morgan fingerprint density at radius 1 is 0.907 bits per heavy atom. The molecule has 1 unspecified atom stereocenters. The predicted octanol–water partition coefficient (Wildman–Crippen LogP) is 5.45. The van der Waals surface area contributed by atoms with Gasteiger partial charge in [0, 0.05) is 49.0 Å². The number of sulfone groups is 1. The lowest BCUT2D eigenvalue weighted by Gasteiger charge is -2.25. The molecule has 0 amide bonds. The lowest BCUT2D eigenvalue weighted by atomic mass is 10.1. The molecule has 5 aromatic rings. The van der Waals surface area contributed by atoms with Crippen LogP contribution < -0.4 is 10.6 Å². The number of hydrogen-bond acceptors (Lipinski definition) is 10. The molecule has 4 aromatic heterocycles. The average Bonchev–Trinajstić information content (AvgIpc) is 3.46. The summed E-state index contributed by atoms with van der Waals surface area (Å²) in [6, 6.07) is 10.9. The fraction of sp³-hybridized carbons (Fsp3) is 0.367. The van der Waals surface area contributed by atoms with Gasteiger partial charge in [0.25, 0.3) is 0 Å². The highest BCUT2D eigenvalue weighted by molar-refractivity contribution is 7.90. The maximum Gasteiger partial charge on any atom is 0.177 e. The van der Waals surface area contributed by atoms with Crippen LogP contribution in [0.25, 0.3) is 22.4 Å². The highest BCUT2D eigenvalue weighted by atomic mass is 32.2. The molecule has 1 aromatic carbocycles. The van der Waals surface area contributed by atoms with Crippen molar-refractivity contribution in [2.75, 3.05) is 23.5 Å². The Bertz CT molecular complexity index is 1920. The molecule has 0 bridgehead atoms. The largest absolute Gasteiger partial charge is 0.358 e. The minimum Gasteiger partial charge on any atom is -0.358 e. The molecule has 2 N–H and O–H groups in total. The molecule has 1 aliphatic rings. The zero-order valence-electron chi connectivity index (χ0n) is 25.1. The van der Waals surface area contributed by atoms with E-state index in [1.165, 1.54) is 6.26 Å². The first-order valence-electron chi connectivity index (χ1n) is 14.2. The average molecular weight is 602 g/mol. The SMILES string of the molecule is Cc1cc(Nc2cc(Nc3ccc(-c4cc(C)n(C)n4)cc3S(C)(=O)=O)c3nc(C)n(C4CCCCO4)c3n2)nc(C)n1. The molecule has 0 radical (unpaired) electrons. The van der Waals surface area contributed by atoms with Crippen molar-refractivity contribution in [3.05, 3.63) is 59.4 Å². The summed E-state index contributed by atoms with van der Waals surface area (Å²) >= 11 is 0. The molecule has 1 fully saturated rings. The second kappa shape index (κ2) is 11.0. The van der Waals surface area contributed by atoms with Crippen molar-refractivity contribution in [1.29, 1.82) is 0 Å². The van der Waals surface area contributed by atoms with Crippen LogP contribution in [-0.2, 0) is 21.6 Å². The number of aromatic nitrogens is 7. The van der Waals surface area contributed by atoms with Crippen LogP contribution in [-0.4, -0.2) is 55.6 Å². The lowest BCUT2D eigenvalue weighted by Crippen LogP contribution is -2.19. The van der Waals surface area contributed by atoms with E-state index < -0.39 is 9.84 Å². The monoisotopic (exact) mass is 601 g/mol. The molecule has 0 spiro atoms. The van der Waals surface area contributed by atoms with Crippen molar-refractivity contribution in [3.63, 3.8) is 0 Å². The van der Waals surface area contributed by atoms with E-state index in [9.17, 15) is 8.42 Å². The Kier molecular flexibility index (Phi) is 7.38. The summed E-state index contributed by atoms with van der Waals surface area (Å²) in [6.45, 7) is 8.30. The maximum absolute atomic E-state index is 13.1. The van der Waals surface area contributed by atoms with Crippen LogP contribution in [0.3, 0.4) is 0 Å². The van der Waals surface area contributed by atoms with Crippen molar-refractivity contribution in [1.82, 2.24) is 34.3 Å². The van der Waals surface area contributed by atoms with E-state index >= 15 is 0 Å². The summed E-state index contributed by atoms with van der Waals surface area (Å²) < 4.78 is 36.0. The zero-order valence-corrected chi connectivity index (χ0v) is 25.9. The van der Waals surface area contributed by atoms with Crippen molar-refractivity contribution < 1.29 is 13.2 Å². The first-order chi connectivity index (χ1) is 20.5. The Balaban J connectivity index is 1.49. The number of nitrogens with zero attached hydrogens (tertiary/aromatic N) is 7. The smallest absolute Gasteiger partial charge is 0.177 e. The van der Waals surface area contributed by atoms with E-state index in [0.717, 1.165) is 36.5 Å². The number of pyridine rings is 1. The number of hydrogen-bond donors (Lipinski definition) is 2. The summed E-state index contributed by atoms with van der Waals surface area (Å²) in [6.07, 6.45) is 3.93. The van der Waals surface area contributed by atoms with Gasteiger partial charge >= 0.3 is 0 Å². The van der Waals surface area contributed by atoms with Gasteiger partial charge in [-0.2, -0.15) is 5.10 Å². The predicted molar refractivity (Wildman–Crippen MR) is 166 cm³/mol. The number of aryl methyl sites for hydroxylation is 5. The summed E-state index contributed by atoms with van der Waals surface area (Å²) in [7, 11) is -1.76. The van der Waals surface area contributed by atoms with E-state index in [4.69, 9.17) is 14.7 Å². The van der Waals surface area contributed by atoms with Gasteiger partial charge < -0.3 is 15.4 Å². The number of nitrogens with one attached hydrogen (secondary N) is 2. The van der Waals surface area contributed by atoms with Gasteiger partial charge in [-0.25, -0.2) is 28.4 Å². The molecule has 13 heteroatoms. The number of fused-ring (bicyclic) bond motifs is 1. The molecule has 1 saturated heterocycles. The Labute approximate surface area is 250 Å². The summed E-state index contributed by atoms with van der Waals surface area (Å²) in [4.78, 5) is 18.9. The van der Waals surface area contributed by atoms with Crippen LogP contribution in [0.2, 0.25) is 0 Å². The van der Waals surface area contributed by atoms with Crippen molar-refractivity contribution in [3.8, 4) is 11.3 Å². The van der Waals surface area contributed by atoms with Gasteiger partial charge in [-0.05, 0) is 65.2 Å². The van der Waals surface area contributed by atoms with Gasteiger partial charge in [0.1, 0.15) is 35.0 Å². The molecule has 0 saturated carbocycles. The van der Waals surface area contributed by atoms with Crippen LogP contribution in [0.1, 0.15) is 48.5 Å². The number of imidazole rings is 1. The third-order valence-electron chi connectivity index (χ3n) is 7.55. The van der Waals surface area contributed by atoms with Gasteiger partial charge in [0.05, 0.1) is 22.0 Å². The first-order valence-corrected chi connectivity index (χ1v) is 16.1. The van der Waals surface area contributed by atoms with E-state index in [1.54, 1.807) is 16.8 Å². The highest BCUT2D eigenvalue weighted by Gasteiger charge is 2.25. The summed E-state index contributed by atoms with van der Waals surface area (Å²) in [5.41, 5.74) is 5.46. The first kappa shape index (κ1) is 28.7.